The molecule has 0 aliphatic rings. The van der Waals surface area contributed by atoms with E-state index in [1.807, 2.05) is 0 Å². The summed E-state index contributed by atoms with van der Waals surface area (Å²) in [7, 11) is 1.52. The summed E-state index contributed by atoms with van der Waals surface area (Å²) in [6, 6.07) is 4.59. The maximum Gasteiger partial charge on any atom is 0.251 e. The maximum atomic E-state index is 11.8. The molecule has 0 aliphatic heterocycles. The second-order valence-corrected chi connectivity index (χ2v) is 4.15. The van der Waals surface area contributed by atoms with Gasteiger partial charge in [0.2, 0.25) is 0 Å². The zero-order valence-electron chi connectivity index (χ0n) is 10.6. The molecule has 0 radical (unpaired) electrons. The van der Waals surface area contributed by atoms with Crippen LogP contribution >= 0.6 is 0 Å². The number of ether oxygens (including phenoxy) is 1. The summed E-state index contributed by atoms with van der Waals surface area (Å²) in [5.41, 5.74) is 1.24. The highest BCUT2D eigenvalue weighted by molar-refractivity contribution is 5.95. The number of phenols is 1. The van der Waals surface area contributed by atoms with Gasteiger partial charge in [0.15, 0.2) is 0 Å². The molecule has 0 saturated heterocycles. The highest BCUT2D eigenvalue weighted by atomic mass is 16.5. The number of phenolic OH excluding ortho intramolecular Hbond substituents is 1. The Morgan fingerprint density at radius 3 is 2.83 bits per heavy atom. The summed E-state index contributed by atoms with van der Waals surface area (Å²) in [6.45, 7) is 2.40. The Hall–Kier alpha value is -1.59. The molecule has 1 rings (SSSR count). The Balaban J connectivity index is 2.45. The van der Waals surface area contributed by atoms with Crippen molar-refractivity contribution in [2.45, 2.75) is 19.4 Å². The predicted octanol–water partition coefficient (Wildman–Crippen LogP) is 0.828. The van der Waals surface area contributed by atoms with E-state index in [0.717, 1.165) is 0 Å². The van der Waals surface area contributed by atoms with Gasteiger partial charge in [-0.15, -0.1) is 0 Å². The van der Waals surface area contributed by atoms with Crippen molar-refractivity contribution in [3.05, 3.63) is 29.3 Å². The van der Waals surface area contributed by atoms with Gasteiger partial charge in [0.05, 0.1) is 12.7 Å². The smallest absolute Gasteiger partial charge is 0.251 e. The summed E-state index contributed by atoms with van der Waals surface area (Å²) in [5, 5.41) is 21.4. The topological polar surface area (TPSA) is 78.8 Å². The minimum Gasteiger partial charge on any atom is -0.508 e. The summed E-state index contributed by atoms with van der Waals surface area (Å²) < 4.78 is 4.79. The third kappa shape index (κ3) is 4.35. The first-order valence-corrected chi connectivity index (χ1v) is 5.79. The molecule has 0 fully saturated rings. The third-order valence-corrected chi connectivity index (χ3v) is 2.58. The number of aromatic hydroxyl groups is 1. The standard InChI is InChI=1S/C13H19NO4/c1-9-7-10(15)3-4-12(9)13(17)14-6-5-11(16)8-18-2/h3-4,7,11,15-16H,5-6,8H2,1-2H3,(H,14,17). The number of amides is 1. The molecular weight excluding hydrogens is 234 g/mol. The van der Waals surface area contributed by atoms with Crippen LogP contribution in [-0.2, 0) is 4.74 Å². The quantitative estimate of drug-likeness (QED) is 0.701. The second-order valence-electron chi connectivity index (χ2n) is 4.15. The molecule has 1 aromatic carbocycles. The Labute approximate surface area is 106 Å². The van der Waals surface area contributed by atoms with Gasteiger partial charge in [-0.1, -0.05) is 0 Å². The van der Waals surface area contributed by atoms with Crippen molar-refractivity contribution < 1.29 is 19.7 Å². The molecule has 0 heterocycles. The fraction of sp³-hybridized carbons (Fsp3) is 0.462. The summed E-state index contributed by atoms with van der Waals surface area (Å²) in [6.07, 6.45) is -0.132. The van der Waals surface area contributed by atoms with E-state index >= 15 is 0 Å². The van der Waals surface area contributed by atoms with Crippen molar-refractivity contribution in [3.63, 3.8) is 0 Å². The molecule has 0 aliphatic carbocycles. The van der Waals surface area contributed by atoms with Crippen molar-refractivity contribution in [2.24, 2.45) is 0 Å². The van der Waals surface area contributed by atoms with Crippen LogP contribution in [0.3, 0.4) is 0 Å². The number of aliphatic hydroxyl groups excluding tert-OH is 1. The van der Waals surface area contributed by atoms with Gasteiger partial charge in [-0.05, 0) is 37.1 Å². The van der Waals surface area contributed by atoms with Crippen LogP contribution < -0.4 is 5.32 Å². The normalized spacial score (nSPS) is 12.2. The monoisotopic (exact) mass is 253 g/mol. The second kappa shape index (κ2) is 6.98. The highest BCUT2D eigenvalue weighted by Gasteiger charge is 2.10. The van der Waals surface area contributed by atoms with Crippen LogP contribution in [0.1, 0.15) is 22.3 Å². The zero-order valence-corrected chi connectivity index (χ0v) is 10.6. The Kier molecular flexibility index (Phi) is 5.61. The molecule has 1 aromatic rings. The third-order valence-electron chi connectivity index (χ3n) is 2.58. The fourth-order valence-electron chi connectivity index (χ4n) is 1.63. The number of carbonyl (C=O) groups is 1. The van der Waals surface area contributed by atoms with E-state index in [9.17, 15) is 15.0 Å². The number of methoxy groups -OCH3 is 1. The van der Waals surface area contributed by atoms with Gasteiger partial charge in [-0.2, -0.15) is 0 Å². The summed E-state index contributed by atoms with van der Waals surface area (Å²) in [4.78, 5) is 11.8. The van der Waals surface area contributed by atoms with Crippen LogP contribution in [0.25, 0.3) is 0 Å². The molecule has 3 N–H and O–H groups in total. The van der Waals surface area contributed by atoms with Crippen molar-refractivity contribution in [1.29, 1.82) is 0 Å². The lowest BCUT2D eigenvalue weighted by Crippen LogP contribution is -2.28. The largest absolute Gasteiger partial charge is 0.508 e. The van der Waals surface area contributed by atoms with Crippen LogP contribution in [0.2, 0.25) is 0 Å². The molecule has 5 nitrogen and oxygen atoms in total. The number of aliphatic hydroxyl groups is 1. The average molecular weight is 253 g/mol. The number of hydrogen-bond donors (Lipinski definition) is 3. The van der Waals surface area contributed by atoms with Crippen LogP contribution in [-0.4, -0.2) is 42.5 Å². The van der Waals surface area contributed by atoms with Gasteiger partial charge in [0.25, 0.3) is 5.91 Å². The molecule has 1 unspecified atom stereocenters. The van der Waals surface area contributed by atoms with Crippen molar-refractivity contribution in [1.82, 2.24) is 5.32 Å². The molecule has 0 bridgehead atoms. The molecule has 1 amide bonds. The Morgan fingerprint density at radius 1 is 1.50 bits per heavy atom. The van der Waals surface area contributed by atoms with Crippen LogP contribution in [0, 0.1) is 6.92 Å². The minimum absolute atomic E-state index is 0.138. The van der Waals surface area contributed by atoms with Crippen molar-refractivity contribution in [3.8, 4) is 5.75 Å². The highest BCUT2D eigenvalue weighted by Crippen LogP contribution is 2.15. The predicted molar refractivity (Wildman–Crippen MR) is 67.7 cm³/mol. The molecule has 100 valence electrons. The van der Waals surface area contributed by atoms with E-state index in [-0.39, 0.29) is 18.3 Å². The van der Waals surface area contributed by atoms with Gasteiger partial charge >= 0.3 is 0 Å². The molecule has 0 aromatic heterocycles. The lowest BCUT2D eigenvalue weighted by Gasteiger charge is -2.11. The van der Waals surface area contributed by atoms with E-state index in [0.29, 0.717) is 24.1 Å². The average Bonchev–Trinajstić information content (AvgIpc) is 2.29. The van der Waals surface area contributed by atoms with Crippen LogP contribution in [0.5, 0.6) is 5.75 Å². The SMILES string of the molecule is COCC(O)CCNC(=O)c1ccc(O)cc1C. The molecule has 0 spiro atoms. The van der Waals surface area contributed by atoms with Crippen molar-refractivity contribution in [2.75, 3.05) is 20.3 Å². The minimum atomic E-state index is -0.573. The van der Waals surface area contributed by atoms with E-state index in [4.69, 9.17) is 4.74 Å². The fourth-order valence-corrected chi connectivity index (χ4v) is 1.63. The van der Waals surface area contributed by atoms with Crippen LogP contribution in [0.4, 0.5) is 0 Å². The molecule has 5 heteroatoms. The number of hydrogen-bond acceptors (Lipinski definition) is 4. The van der Waals surface area contributed by atoms with Crippen molar-refractivity contribution >= 4 is 5.91 Å². The maximum absolute atomic E-state index is 11.8. The zero-order chi connectivity index (χ0) is 13.5. The number of benzene rings is 1. The number of nitrogens with one attached hydrogen (secondary N) is 1. The molecule has 0 saturated carbocycles. The van der Waals surface area contributed by atoms with E-state index in [2.05, 4.69) is 5.32 Å². The molecule has 1 atom stereocenters. The first kappa shape index (κ1) is 14.5. The van der Waals surface area contributed by atoms with E-state index in [1.165, 1.54) is 19.2 Å². The van der Waals surface area contributed by atoms with E-state index < -0.39 is 6.10 Å². The Morgan fingerprint density at radius 2 is 2.22 bits per heavy atom. The molecule has 18 heavy (non-hydrogen) atoms. The molecular formula is C13H19NO4. The summed E-state index contributed by atoms with van der Waals surface area (Å²) >= 11 is 0. The lowest BCUT2D eigenvalue weighted by atomic mass is 10.1. The lowest BCUT2D eigenvalue weighted by molar-refractivity contribution is 0.0587. The number of carbonyl (C=O) groups excluding carboxylic acids is 1. The van der Waals surface area contributed by atoms with Gasteiger partial charge < -0.3 is 20.3 Å². The summed E-state index contributed by atoms with van der Waals surface area (Å²) in [5.74, 6) is -0.0725. The van der Waals surface area contributed by atoms with Gasteiger partial charge in [-0.25, -0.2) is 0 Å². The van der Waals surface area contributed by atoms with Gasteiger partial charge in [-0.3, -0.25) is 4.79 Å². The first-order chi connectivity index (χ1) is 8.54. The number of aryl methyl sites for hydroxylation is 1. The van der Waals surface area contributed by atoms with Gasteiger partial charge in [0, 0.05) is 19.2 Å². The van der Waals surface area contributed by atoms with E-state index in [1.54, 1.807) is 13.0 Å². The first-order valence-electron chi connectivity index (χ1n) is 5.79. The van der Waals surface area contributed by atoms with Gasteiger partial charge in [0.1, 0.15) is 5.75 Å². The Bertz CT molecular complexity index is 406. The number of rotatable bonds is 6. The van der Waals surface area contributed by atoms with Crippen LogP contribution in [0.15, 0.2) is 18.2 Å².